The molecule has 112 valence electrons. The molecule has 2 rings (SSSR count). The Kier molecular flexibility index (Phi) is 4.73. The SMILES string of the molecule is CNC(=O)NC(=O)CSc1nc2ccccc2n1C(F)F. The van der Waals surface area contributed by atoms with Crippen LogP contribution in [-0.2, 0) is 4.79 Å². The molecule has 9 heteroatoms. The molecule has 1 aromatic carbocycles. The van der Waals surface area contributed by atoms with Crippen molar-refractivity contribution in [2.75, 3.05) is 12.8 Å². The number of halogens is 2. The summed E-state index contributed by atoms with van der Waals surface area (Å²) in [6.45, 7) is -2.76. The fourth-order valence-electron chi connectivity index (χ4n) is 1.67. The highest BCUT2D eigenvalue weighted by Gasteiger charge is 2.19. The number of fused-ring (bicyclic) bond motifs is 1. The van der Waals surface area contributed by atoms with Crippen LogP contribution in [0, 0.1) is 0 Å². The molecule has 6 nitrogen and oxygen atoms in total. The number of rotatable bonds is 4. The Hall–Kier alpha value is -2.16. The lowest BCUT2D eigenvalue weighted by Crippen LogP contribution is -2.38. The van der Waals surface area contributed by atoms with Gasteiger partial charge in [-0.1, -0.05) is 23.9 Å². The van der Waals surface area contributed by atoms with Crippen molar-refractivity contribution in [1.29, 1.82) is 0 Å². The summed E-state index contributed by atoms with van der Waals surface area (Å²) in [5.74, 6) is -0.782. The summed E-state index contributed by atoms with van der Waals surface area (Å²) in [5, 5.41) is 4.30. The highest BCUT2D eigenvalue weighted by molar-refractivity contribution is 7.99. The minimum Gasteiger partial charge on any atom is -0.341 e. The van der Waals surface area contributed by atoms with Gasteiger partial charge in [-0.05, 0) is 12.1 Å². The maximum atomic E-state index is 13.1. The van der Waals surface area contributed by atoms with Crippen molar-refractivity contribution < 1.29 is 18.4 Å². The van der Waals surface area contributed by atoms with Crippen LogP contribution in [0.15, 0.2) is 29.4 Å². The van der Waals surface area contributed by atoms with Crippen molar-refractivity contribution in [2.24, 2.45) is 0 Å². The molecule has 0 unspecified atom stereocenters. The first kappa shape index (κ1) is 15.2. The predicted molar refractivity (Wildman–Crippen MR) is 74.3 cm³/mol. The lowest BCUT2D eigenvalue weighted by molar-refractivity contribution is -0.117. The van der Waals surface area contributed by atoms with Crippen LogP contribution >= 0.6 is 11.8 Å². The van der Waals surface area contributed by atoms with E-state index in [2.05, 4.69) is 10.3 Å². The summed E-state index contributed by atoms with van der Waals surface area (Å²) in [5.41, 5.74) is 0.716. The molecule has 0 bridgehead atoms. The molecule has 0 saturated heterocycles. The Labute approximate surface area is 122 Å². The Morgan fingerprint density at radius 2 is 2.10 bits per heavy atom. The van der Waals surface area contributed by atoms with E-state index in [0.29, 0.717) is 11.0 Å². The van der Waals surface area contributed by atoms with Gasteiger partial charge in [-0.3, -0.25) is 14.7 Å². The minimum atomic E-state index is -2.76. The monoisotopic (exact) mass is 314 g/mol. The number of thioether (sulfide) groups is 1. The Morgan fingerprint density at radius 1 is 1.38 bits per heavy atom. The number of aromatic nitrogens is 2. The first-order valence-corrected chi connectivity index (χ1v) is 6.91. The number of nitrogens with one attached hydrogen (secondary N) is 2. The quantitative estimate of drug-likeness (QED) is 0.846. The summed E-state index contributed by atoms with van der Waals surface area (Å²) in [6.07, 6.45) is 0. The van der Waals surface area contributed by atoms with Gasteiger partial charge >= 0.3 is 12.6 Å². The smallest absolute Gasteiger partial charge is 0.321 e. The summed E-state index contributed by atoms with van der Waals surface area (Å²) < 4.78 is 27.0. The van der Waals surface area contributed by atoms with Crippen LogP contribution in [0.1, 0.15) is 6.55 Å². The number of benzene rings is 1. The van der Waals surface area contributed by atoms with E-state index in [9.17, 15) is 18.4 Å². The number of para-hydroxylation sites is 2. The lowest BCUT2D eigenvalue weighted by Gasteiger charge is -2.07. The normalized spacial score (nSPS) is 10.9. The van der Waals surface area contributed by atoms with Gasteiger partial charge in [0.2, 0.25) is 5.91 Å². The van der Waals surface area contributed by atoms with Crippen LogP contribution < -0.4 is 10.6 Å². The van der Waals surface area contributed by atoms with Gasteiger partial charge < -0.3 is 5.32 Å². The van der Waals surface area contributed by atoms with Crippen LogP contribution in [0.4, 0.5) is 13.6 Å². The van der Waals surface area contributed by atoms with E-state index in [0.717, 1.165) is 16.3 Å². The number of imidazole rings is 1. The molecule has 2 aromatic rings. The molecule has 21 heavy (non-hydrogen) atoms. The van der Waals surface area contributed by atoms with Crippen LogP contribution in [0.2, 0.25) is 0 Å². The summed E-state index contributed by atoms with van der Waals surface area (Å²) in [7, 11) is 1.37. The highest BCUT2D eigenvalue weighted by Crippen LogP contribution is 2.28. The molecular formula is C12H12F2N4O2S. The van der Waals surface area contributed by atoms with Gasteiger partial charge in [0, 0.05) is 7.05 Å². The number of hydrogen-bond donors (Lipinski definition) is 2. The average Bonchev–Trinajstić information content (AvgIpc) is 2.83. The largest absolute Gasteiger partial charge is 0.341 e. The number of carbonyl (C=O) groups is 2. The topological polar surface area (TPSA) is 76.0 Å². The first-order chi connectivity index (χ1) is 10.0. The van der Waals surface area contributed by atoms with E-state index in [1.165, 1.54) is 13.1 Å². The standard InChI is InChI=1S/C12H12F2N4O2S/c1-15-11(20)17-9(19)6-21-12-16-7-4-2-3-5-8(7)18(12)10(13)14/h2-5,10H,6H2,1H3,(H2,15,17,19,20). The molecule has 0 spiro atoms. The lowest BCUT2D eigenvalue weighted by atomic mass is 10.3. The number of imide groups is 1. The summed E-state index contributed by atoms with van der Waals surface area (Å²) in [4.78, 5) is 26.5. The molecule has 1 aromatic heterocycles. The van der Waals surface area contributed by atoms with Gasteiger partial charge in [-0.15, -0.1) is 0 Å². The van der Waals surface area contributed by atoms with Crippen LogP contribution in [-0.4, -0.2) is 34.3 Å². The van der Waals surface area contributed by atoms with Gasteiger partial charge in [0.05, 0.1) is 16.8 Å². The van der Waals surface area contributed by atoms with Gasteiger partial charge in [-0.25, -0.2) is 9.78 Å². The molecule has 0 aliphatic rings. The third-order valence-electron chi connectivity index (χ3n) is 2.57. The molecular weight excluding hydrogens is 302 g/mol. The zero-order valence-corrected chi connectivity index (χ0v) is 11.8. The number of hydrogen-bond acceptors (Lipinski definition) is 4. The van der Waals surface area contributed by atoms with Crippen molar-refractivity contribution in [2.45, 2.75) is 11.7 Å². The highest BCUT2D eigenvalue weighted by atomic mass is 32.2. The van der Waals surface area contributed by atoms with E-state index in [-0.39, 0.29) is 10.9 Å². The van der Waals surface area contributed by atoms with E-state index in [1.54, 1.807) is 18.2 Å². The minimum absolute atomic E-state index is 0.0262. The maximum Gasteiger partial charge on any atom is 0.321 e. The van der Waals surface area contributed by atoms with Crippen LogP contribution in [0.3, 0.4) is 0 Å². The van der Waals surface area contributed by atoms with Crippen LogP contribution in [0.25, 0.3) is 11.0 Å². The molecule has 0 atom stereocenters. The van der Waals surface area contributed by atoms with Crippen LogP contribution in [0.5, 0.6) is 0 Å². The fraction of sp³-hybridized carbons (Fsp3) is 0.250. The molecule has 3 amide bonds. The van der Waals surface area contributed by atoms with Gasteiger partial charge in [0.15, 0.2) is 5.16 Å². The zero-order chi connectivity index (χ0) is 15.4. The molecule has 2 N–H and O–H groups in total. The second-order valence-corrected chi connectivity index (χ2v) is 4.89. The van der Waals surface area contributed by atoms with Gasteiger partial charge in [0.25, 0.3) is 0 Å². The molecule has 0 fully saturated rings. The third kappa shape index (κ3) is 3.48. The van der Waals surface area contributed by atoms with Gasteiger partial charge in [0.1, 0.15) is 0 Å². The number of nitrogens with zero attached hydrogens (tertiary/aromatic N) is 2. The number of amides is 3. The van der Waals surface area contributed by atoms with Crippen molar-refractivity contribution in [3.8, 4) is 0 Å². The van der Waals surface area contributed by atoms with Crippen molar-refractivity contribution in [3.05, 3.63) is 24.3 Å². The van der Waals surface area contributed by atoms with E-state index < -0.39 is 18.5 Å². The molecule has 0 radical (unpaired) electrons. The maximum absolute atomic E-state index is 13.1. The molecule has 0 aliphatic carbocycles. The third-order valence-corrected chi connectivity index (χ3v) is 3.52. The van der Waals surface area contributed by atoms with Crippen molar-refractivity contribution in [1.82, 2.24) is 20.2 Å². The van der Waals surface area contributed by atoms with Gasteiger partial charge in [-0.2, -0.15) is 8.78 Å². The first-order valence-electron chi connectivity index (χ1n) is 5.92. The van der Waals surface area contributed by atoms with E-state index in [4.69, 9.17) is 0 Å². The zero-order valence-electron chi connectivity index (χ0n) is 11.0. The predicted octanol–water partition coefficient (Wildman–Crippen LogP) is 1.98. The summed E-state index contributed by atoms with van der Waals surface area (Å²) in [6, 6.07) is 5.82. The molecule has 0 aliphatic heterocycles. The fourth-order valence-corrected chi connectivity index (χ4v) is 2.48. The van der Waals surface area contributed by atoms with E-state index >= 15 is 0 Å². The Bertz CT molecular complexity index is 674. The average molecular weight is 314 g/mol. The number of alkyl halides is 2. The second-order valence-electron chi connectivity index (χ2n) is 3.95. The second kappa shape index (κ2) is 6.53. The number of carbonyl (C=O) groups excluding carboxylic acids is 2. The number of urea groups is 1. The molecule has 0 saturated carbocycles. The van der Waals surface area contributed by atoms with Crippen molar-refractivity contribution >= 4 is 34.7 Å². The molecule has 1 heterocycles. The van der Waals surface area contributed by atoms with E-state index in [1.807, 2.05) is 5.32 Å². The Balaban J connectivity index is 2.16. The summed E-state index contributed by atoms with van der Waals surface area (Å²) >= 11 is 0.842. The van der Waals surface area contributed by atoms with Crippen molar-refractivity contribution in [3.63, 3.8) is 0 Å². The Morgan fingerprint density at radius 3 is 2.76 bits per heavy atom.